The van der Waals surface area contributed by atoms with Crippen LogP contribution in [0.25, 0.3) is 0 Å². The normalized spacial score (nSPS) is 23.3. The number of alkyl halides is 6. The highest BCUT2D eigenvalue weighted by Crippen LogP contribution is 2.39. The molecule has 0 bridgehead atoms. The Bertz CT molecular complexity index is 674. The SMILES string of the molecule is CN1C(=O)[C@H](Cc2cc(C(F)(F)F)cc(C(F)(F)F)c2)NC12CCCC2. The molecule has 1 saturated heterocycles. The predicted octanol–water partition coefficient (Wildman–Crippen LogP) is 3.97. The maximum absolute atomic E-state index is 13.0. The minimum atomic E-state index is -4.90. The molecular formula is C17H18F6N2O. The summed E-state index contributed by atoms with van der Waals surface area (Å²) in [7, 11) is 1.62. The molecule has 1 N–H and O–H groups in total. The molecule has 0 aromatic heterocycles. The molecule has 26 heavy (non-hydrogen) atoms. The van der Waals surface area contributed by atoms with Crippen LogP contribution < -0.4 is 5.32 Å². The van der Waals surface area contributed by atoms with E-state index in [9.17, 15) is 31.1 Å². The molecule has 144 valence electrons. The first kappa shape index (κ1) is 19.0. The number of halogens is 6. The monoisotopic (exact) mass is 380 g/mol. The van der Waals surface area contributed by atoms with Gasteiger partial charge in [-0.2, -0.15) is 26.3 Å². The second-order valence-electron chi connectivity index (χ2n) is 6.95. The highest BCUT2D eigenvalue weighted by molar-refractivity contribution is 5.85. The van der Waals surface area contributed by atoms with Gasteiger partial charge in [-0.3, -0.25) is 10.1 Å². The van der Waals surface area contributed by atoms with Gasteiger partial charge in [0, 0.05) is 7.05 Å². The predicted molar refractivity (Wildman–Crippen MR) is 81.0 cm³/mol. The van der Waals surface area contributed by atoms with Gasteiger partial charge in [-0.05, 0) is 55.9 Å². The van der Waals surface area contributed by atoms with E-state index in [4.69, 9.17) is 0 Å². The highest BCUT2D eigenvalue weighted by Gasteiger charge is 2.49. The quantitative estimate of drug-likeness (QED) is 0.788. The third-order valence-corrected chi connectivity index (χ3v) is 5.23. The molecule has 1 aliphatic heterocycles. The van der Waals surface area contributed by atoms with Crippen molar-refractivity contribution in [3.8, 4) is 0 Å². The number of nitrogens with zero attached hydrogens (tertiary/aromatic N) is 1. The molecule has 3 rings (SSSR count). The Morgan fingerprint density at radius 3 is 2.00 bits per heavy atom. The first-order valence-electron chi connectivity index (χ1n) is 8.26. The molecule has 1 aromatic rings. The van der Waals surface area contributed by atoms with Crippen LogP contribution in [-0.2, 0) is 23.6 Å². The second kappa shape index (κ2) is 6.14. The summed E-state index contributed by atoms with van der Waals surface area (Å²) < 4.78 is 77.8. The minimum Gasteiger partial charge on any atom is -0.326 e. The Morgan fingerprint density at radius 1 is 1.04 bits per heavy atom. The summed E-state index contributed by atoms with van der Waals surface area (Å²) in [6.07, 6.45) is -6.74. The molecule has 0 radical (unpaired) electrons. The lowest BCUT2D eigenvalue weighted by molar-refractivity contribution is -0.143. The lowest BCUT2D eigenvalue weighted by Gasteiger charge is -2.31. The summed E-state index contributed by atoms with van der Waals surface area (Å²) in [5.41, 5.74) is -3.43. The zero-order valence-corrected chi connectivity index (χ0v) is 14.0. The molecule has 1 saturated carbocycles. The van der Waals surface area contributed by atoms with E-state index in [2.05, 4.69) is 5.32 Å². The number of hydrogen-bond donors (Lipinski definition) is 1. The third kappa shape index (κ3) is 3.41. The van der Waals surface area contributed by atoms with Crippen LogP contribution in [0.4, 0.5) is 26.3 Å². The number of amides is 1. The fourth-order valence-electron chi connectivity index (χ4n) is 3.88. The number of benzene rings is 1. The van der Waals surface area contributed by atoms with Crippen LogP contribution in [0.5, 0.6) is 0 Å². The summed E-state index contributed by atoms with van der Waals surface area (Å²) >= 11 is 0. The summed E-state index contributed by atoms with van der Waals surface area (Å²) in [6.45, 7) is 0. The first-order valence-corrected chi connectivity index (χ1v) is 8.26. The number of carbonyl (C=O) groups is 1. The molecule has 2 aliphatic rings. The van der Waals surface area contributed by atoms with Gasteiger partial charge < -0.3 is 4.90 Å². The van der Waals surface area contributed by atoms with Crippen molar-refractivity contribution in [2.45, 2.75) is 56.2 Å². The van der Waals surface area contributed by atoms with Crippen LogP contribution in [0.15, 0.2) is 18.2 Å². The van der Waals surface area contributed by atoms with Gasteiger partial charge in [-0.15, -0.1) is 0 Å². The van der Waals surface area contributed by atoms with Crippen molar-refractivity contribution in [1.82, 2.24) is 10.2 Å². The summed E-state index contributed by atoms with van der Waals surface area (Å²) in [5.74, 6) is -0.308. The Labute approximate surface area is 146 Å². The number of nitrogens with one attached hydrogen (secondary N) is 1. The fourth-order valence-corrected chi connectivity index (χ4v) is 3.88. The molecule has 9 heteroatoms. The van der Waals surface area contributed by atoms with E-state index in [1.807, 2.05) is 0 Å². The molecular weight excluding hydrogens is 362 g/mol. The summed E-state index contributed by atoms with van der Waals surface area (Å²) in [6, 6.07) is 0.633. The van der Waals surface area contributed by atoms with Crippen molar-refractivity contribution in [3.05, 3.63) is 34.9 Å². The lowest BCUT2D eigenvalue weighted by atomic mass is 9.99. The smallest absolute Gasteiger partial charge is 0.326 e. The van der Waals surface area contributed by atoms with Gasteiger partial charge >= 0.3 is 12.4 Å². The number of likely N-dealkylation sites (N-methyl/N-ethyl adjacent to an activating group) is 1. The van der Waals surface area contributed by atoms with Gasteiger partial charge in [0.2, 0.25) is 5.91 Å². The fraction of sp³-hybridized carbons (Fsp3) is 0.588. The number of carbonyl (C=O) groups excluding carboxylic acids is 1. The Kier molecular flexibility index (Phi) is 4.49. The first-order chi connectivity index (χ1) is 11.9. The number of rotatable bonds is 2. The highest BCUT2D eigenvalue weighted by atomic mass is 19.4. The van der Waals surface area contributed by atoms with E-state index in [0.717, 1.165) is 25.7 Å². The molecule has 1 heterocycles. The van der Waals surface area contributed by atoms with Crippen LogP contribution in [0, 0.1) is 0 Å². The van der Waals surface area contributed by atoms with Crippen LogP contribution in [0.3, 0.4) is 0 Å². The maximum atomic E-state index is 13.0. The van der Waals surface area contributed by atoms with Crippen molar-refractivity contribution < 1.29 is 31.1 Å². The molecule has 1 atom stereocenters. The van der Waals surface area contributed by atoms with Gasteiger partial charge in [0.15, 0.2) is 0 Å². The molecule has 3 nitrogen and oxygen atoms in total. The molecule has 1 spiro atoms. The van der Waals surface area contributed by atoms with E-state index < -0.39 is 35.2 Å². The zero-order valence-electron chi connectivity index (χ0n) is 14.0. The van der Waals surface area contributed by atoms with Crippen molar-refractivity contribution in [2.24, 2.45) is 0 Å². The average Bonchev–Trinajstić information content (AvgIpc) is 3.08. The molecule has 1 aliphatic carbocycles. The van der Waals surface area contributed by atoms with E-state index in [0.29, 0.717) is 12.1 Å². The van der Waals surface area contributed by atoms with Crippen molar-refractivity contribution in [3.63, 3.8) is 0 Å². The summed E-state index contributed by atoms with van der Waals surface area (Å²) in [5, 5.41) is 3.14. The van der Waals surface area contributed by atoms with Gasteiger partial charge in [0.25, 0.3) is 0 Å². The van der Waals surface area contributed by atoms with Crippen molar-refractivity contribution >= 4 is 5.91 Å². The van der Waals surface area contributed by atoms with Crippen LogP contribution >= 0.6 is 0 Å². The average molecular weight is 380 g/mol. The van der Waals surface area contributed by atoms with Gasteiger partial charge in [-0.25, -0.2) is 0 Å². The van der Waals surface area contributed by atoms with Crippen LogP contribution in [0.2, 0.25) is 0 Å². The summed E-state index contributed by atoms with van der Waals surface area (Å²) in [4.78, 5) is 14.0. The molecule has 1 amide bonds. The van der Waals surface area contributed by atoms with Gasteiger partial charge in [-0.1, -0.05) is 0 Å². The molecule has 2 fully saturated rings. The van der Waals surface area contributed by atoms with E-state index in [1.165, 1.54) is 0 Å². The van der Waals surface area contributed by atoms with E-state index in [-0.39, 0.29) is 24.0 Å². The minimum absolute atomic E-state index is 0.0952. The maximum Gasteiger partial charge on any atom is 0.416 e. The van der Waals surface area contributed by atoms with Crippen LogP contribution in [0.1, 0.15) is 42.4 Å². The lowest BCUT2D eigenvalue weighted by Crippen LogP contribution is -2.48. The Balaban J connectivity index is 1.91. The van der Waals surface area contributed by atoms with E-state index >= 15 is 0 Å². The van der Waals surface area contributed by atoms with Crippen molar-refractivity contribution in [2.75, 3.05) is 7.05 Å². The third-order valence-electron chi connectivity index (χ3n) is 5.23. The zero-order chi connectivity index (χ0) is 19.3. The topological polar surface area (TPSA) is 32.3 Å². The Morgan fingerprint density at radius 2 is 1.54 bits per heavy atom. The Hall–Kier alpha value is -1.77. The molecule has 1 aromatic carbocycles. The second-order valence-corrected chi connectivity index (χ2v) is 6.95. The van der Waals surface area contributed by atoms with Crippen molar-refractivity contribution in [1.29, 1.82) is 0 Å². The van der Waals surface area contributed by atoms with Gasteiger partial charge in [0.1, 0.15) is 0 Å². The largest absolute Gasteiger partial charge is 0.416 e. The number of hydrogen-bond acceptors (Lipinski definition) is 2. The van der Waals surface area contributed by atoms with Gasteiger partial charge in [0.05, 0.1) is 22.8 Å². The van der Waals surface area contributed by atoms with E-state index in [1.54, 1.807) is 11.9 Å². The molecule has 0 unspecified atom stereocenters. The van der Waals surface area contributed by atoms with Crippen LogP contribution in [-0.4, -0.2) is 29.6 Å². The standard InChI is InChI=1S/C17H18F6N2O/c1-25-14(26)13(24-15(25)4-2-3-5-15)8-10-6-11(16(18,19)20)9-12(7-10)17(21,22)23/h6-7,9,13,24H,2-5,8H2,1H3/t13-/m0/s1.